The molecule has 2 unspecified atom stereocenters. The van der Waals surface area contributed by atoms with Gasteiger partial charge in [-0.3, -0.25) is 4.79 Å². The molecular formula is C13H26N2O3. The molecule has 0 amide bonds. The van der Waals surface area contributed by atoms with Crippen LogP contribution in [-0.4, -0.2) is 53.9 Å². The minimum atomic E-state index is -1.11. The van der Waals surface area contributed by atoms with Gasteiger partial charge in [-0.25, -0.2) is 0 Å². The van der Waals surface area contributed by atoms with E-state index in [4.69, 9.17) is 15.6 Å². The van der Waals surface area contributed by atoms with Crippen molar-refractivity contribution in [2.24, 2.45) is 5.73 Å². The van der Waals surface area contributed by atoms with Crippen LogP contribution in [0.1, 0.15) is 39.5 Å². The molecule has 1 rings (SSSR count). The Kier molecular flexibility index (Phi) is 5.13. The number of methoxy groups -OCH3 is 1. The first-order valence-corrected chi connectivity index (χ1v) is 6.59. The molecule has 106 valence electrons. The summed E-state index contributed by atoms with van der Waals surface area (Å²) in [5, 5.41) is 8.94. The number of hydrogen-bond donors (Lipinski definition) is 2. The average molecular weight is 258 g/mol. The lowest BCUT2D eigenvalue weighted by Gasteiger charge is -2.39. The molecule has 0 aromatic heterocycles. The fourth-order valence-electron chi connectivity index (χ4n) is 2.44. The van der Waals surface area contributed by atoms with Crippen LogP contribution < -0.4 is 5.73 Å². The van der Waals surface area contributed by atoms with Gasteiger partial charge in [-0.1, -0.05) is 0 Å². The van der Waals surface area contributed by atoms with Crippen LogP contribution in [0.2, 0.25) is 0 Å². The molecule has 1 aliphatic rings. The highest BCUT2D eigenvalue weighted by Crippen LogP contribution is 2.24. The van der Waals surface area contributed by atoms with Gasteiger partial charge in [-0.05, 0) is 52.6 Å². The van der Waals surface area contributed by atoms with E-state index in [9.17, 15) is 4.79 Å². The van der Waals surface area contributed by atoms with Gasteiger partial charge in [0.15, 0.2) is 0 Å². The topological polar surface area (TPSA) is 75.8 Å². The molecule has 0 saturated carbocycles. The number of aliphatic carboxylic acids is 1. The Morgan fingerprint density at radius 3 is 2.83 bits per heavy atom. The second kappa shape index (κ2) is 5.99. The van der Waals surface area contributed by atoms with Gasteiger partial charge in [0.1, 0.15) is 5.54 Å². The lowest BCUT2D eigenvalue weighted by molar-refractivity contribution is -0.143. The van der Waals surface area contributed by atoms with Crippen LogP contribution in [0, 0.1) is 0 Å². The summed E-state index contributed by atoms with van der Waals surface area (Å²) in [7, 11) is 1.75. The van der Waals surface area contributed by atoms with Crippen molar-refractivity contribution in [3.63, 3.8) is 0 Å². The van der Waals surface area contributed by atoms with E-state index in [1.54, 1.807) is 14.0 Å². The molecule has 1 aliphatic heterocycles. The summed E-state index contributed by atoms with van der Waals surface area (Å²) in [6, 6.07) is 0. The molecule has 1 fully saturated rings. The SMILES string of the molecule is COC1(C)CCCN(CCCC(C)(N)C(=O)O)C1. The van der Waals surface area contributed by atoms with Crippen molar-refractivity contribution in [2.75, 3.05) is 26.7 Å². The maximum absolute atomic E-state index is 10.9. The fourth-order valence-corrected chi connectivity index (χ4v) is 2.44. The summed E-state index contributed by atoms with van der Waals surface area (Å²) in [4.78, 5) is 13.2. The van der Waals surface area contributed by atoms with Crippen LogP contribution in [0.15, 0.2) is 0 Å². The summed E-state index contributed by atoms with van der Waals surface area (Å²) in [5.74, 6) is -0.928. The number of carbonyl (C=O) groups is 1. The van der Waals surface area contributed by atoms with E-state index in [-0.39, 0.29) is 5.60 Å². The number of ether oxygens (including phenoxy) is 1. The molecule has 3 N–H and O–H groups in total. The van der Waals surface area contributed by atoms with E-state index < -0.39 is 11.5 Å². The third-order valence-corrected chi connectivity index (χ3v) is 3.89. The fraction of sp³-hybridized carbons (Fsp3) is 0.923. The van der Waals surface area contributed by atoms with Gasteiger partial charge in [0.2, 0.25) is 0 Å². The molecule has 5 heteroatoms. The number of hydrogen-bond acceptors (Lipinski definition) is 4. The molecule has 0 bridgehead atoms. The van der Waals surface area contributed by atoms with Crippen molar-refractivity contribution >= 4 is 5.97 Å². The Morgan fingerprint density at radius 1 is 1.61 bits per heavy atom. The van der Waals surface area contributed by atoms with E-state index in [2.05, 4.69) is 11.8 Å². The molecule has 0 aromatic rings. The van der Waals surface area contributed by atoms with Crippen LogP contribution >= 0.6 is 0 Å². The number of likely N-dealkylation sites (tertiary alicyclic amines) is 1. The van der Waals surface area contributed by atoms with Gasteiger partial charge in [0.05, 0.1) is 5.60 Å². The summed E-state index contributed by atoms with van der Waals surface area (Å²) < 4.78 is 5.53. The molecular weight excluding hydrogens is 232 g/mol. The second-order valence-electron chi connectivity index (χ2n) is 5.86. The maximum atomic E-state index is 10.9. The van der Waals surface area contributed by atoms with E-state index in [0.29, 0.717) is 6.42 Å². The van der Waals surface area contributed by atoms with Crippen molar-refractivity contribution in [1.29, 1.82) is 0 Å². The monoisotopic (exact) mass is 258 g/mol. The van der Waals surface area contributed by atoms with Gasteiger partial charge in [-0.2, -0.15) is 0 Å². The van der Waals surface area contributed by atoms with Crippen LogP contribution in [0.4, 0.5) is 0 Å². The lowest BCUT2D eigenvalue weighted by atomic mass is 9.93. The number of nitrogens with zero attached hydrogens (tertiary/aromatic N) is 1. The van der Waals surface area contributed by atoms with Gasteiger partial charge < -0.3 is 20.5 Å². The highest BCUT2D eigenvalue weighted by molar-refractivity contribution is 5.77. The minimum Gasteiger partial charge on any atom is -0.480 e. The molecule has 2 atom stereocenters. The summed E-state index contributed by atoms with van der Waals surface area (Å²) in [5.41, 5.74) is 4.54. The Hall–Kier alpha value is -0.650. The van der Waals surface area contributed by atoms with E-state index in [1.165, 1.54) is 0 Å². The second-order valence-corrected chi connectivity index (χ2v) is 5.86. The van der Waals surface area contributed by atoms with Crippen molar-refractivity contribution in [3.05, 3.63) is 0 Å². The summed E-state index contributed by atoms with van der Waals surface area (Å²) >= 11 is 0. The highest BCUT2D eigenvalue weighted by Gasteiger charge is 2.31. The number of carboxylic acid groups (broad SMARTS) is 1. The molecule has 0 aromatic carbocycles. The van der Waals surface area contributed by atoms with E-state index in [1.807, 2.05) is 0 Å². The minimum absolute atomic E-state index is 0.0585. The smallest absolute Gasteiger partial charge is 0.323 e. The Bertz CT molecular complexity index is 294. The first-order valence-electron chi connectivity index (χ1n) is 6.59. The Morgan fingerprint density at radius 2 is 2.28 bits per heavy atom. The zero-order chi connectivity index (χ0) is 13.8. The third kappa shape index (κ3) is 4.23. The molecule has 0 spiro atoms. The number of rotatable bonds is 6. The molecule has 5 nitrogen and oxygen atoms in total. The zero-order valence-corrected chi connectivity index (χ0v) is 11.7. The Balaban J connectivity index is 2.34. The zero-order valence-electron chi connectivity index (χ0n) is 11.7. The molecule has 18 heavy (non-hydrogen) atoms. The number of nitrogens with two attached hydrogens (primary N) is 1. The lowest BCUT2D eigenvalue weighted by Crippen LogP contribution is -2.48. The predicted octanol–water partition coefficient (Wildman–Crippen LogP) is 1.07. The van der Waals surface area contributed by atoms with Crippen molar-refractivity contribution in [1.82, 2.24) is 4.90 Å². The van der Waals surface area contributed by atoms with Crippen LogP contribution in [0.25, 0.3) is 0 Å². The Labute approximate surface area is 109 Å². The summed E-state index contributed by atoms with van der Waals surface area (Å²) in [6.45, 7) is 6.57. The van der Waals surface area contributed by atoms with Crippen LogP contribution in [-0.2, 0) is 9.53 Å². The van der Waals surface area contributed by atoms with Crippen molar-refractivity contribution in [2.45, 2.75) is 50.7 Å². The summed E-state index contributed by atoms with van der Waals surface area (Å²) in [6.07, 6.45) is 3.52. The van der Waals surface area contributed by atoms with E-state index >= 15 is 0 Å². The van der Waals surface area contributed by atoms with Crippen LogP contribution in [0.3, 0.4) is 0 Å². The first kappa shape index (κ1) is 15.4. The van der Waals surface area contributed by atoms with Crippen molar-refractivity contribution < 1.29 is 14.6 Å². The van der Waals surface area contributed by atoms with Gasteiger partial charge in [0.25, 0.3) is 0 Å². The van der Waals surface area contributed by atoms with Gasteiger partial charge >= 0.3 is 5.97 Å². The third-order valence-electron chi connectivity index (χ3n) is 3.89. The van der Waals surface area contributed by atoms with E-state index in [0.717, 1.165) is 38.9 Å². The van der Waals surface area contributed by atoms with Crippen LogP contribution in [0.5, 0.6) is 0 Å². The highest BCUT2D eigenvalue weighted by atomic mass is 16.5. The normalized spacial score (nSPS) is 28.9. The molecule has 0 radical (unpaired) electrons. The van der Waals surface area contributed by atoms with Gasteiger partial charge in [0, 0.05) is 13.7 Å². The molecule has 0 aliphatic carbocycles. The average Bonchev–Trinajstić information content (AvgIpc) is 2.29. The predicted molar refractivity (Wildman–Crippen MR) is 70.6 cm³/mol. The largest absolute Gasteiger partial charge is 0.480 e. The molecule has 1 heterocycles. The first-order chi connectivity index (χ1) is 8.29. The number of piperidine rings is 1. The van der Waals surface area contributed by atoms with Crippen molar-refractivity contribution in [3.8, 4) is 0 Å². The quantitative estimate of drug-likeness (QED) is 0.745. The standard InChI is InChI=1S/C13H26N2O3/c1-12(18-3)6-4-8-15(10-12)9-5-7-13(2,14)11(16)17/h4-10,14H2,1-3H3,(H,16,17). The number of carboxylic acids is 1. The molecule has 1 saturated heterocycles. The van der Waals surface area contributed by atoms with Gasteiger partial charge in [-0.15, -0.1) is 0 Å². The maximum Gasteiger partial charge on any atom is 0.323 e.